The van der Waals surface area contributed by atoms with Crippen LogP contribution in [-0.2, 0) is 32.7 Å². The smallest absolute Gasteiger partial charge is 0.472 e. The van der Waals surface area contributed by atoms with Crippen LogP contribution in [0.1, 0.15) is 206 Å². The number of carbonyl (C=O) groups excluding carboxylic acids is 2. The molecule has 0 aromatic rings. The Morgan fingerprint density at radius 3 is 1.29 bits per heavy atom. The van der Waals surface area contributed by atoms with Gasteiger partial charge in [-0.25, -0.2) is 9.36 Å². The minimum Gasteiger partial charge on any atom is -0.480 e. The average Bonchev–Trinajstić information content (AvgIpc) is 3.11. The first kappa shape index (κ1) is 50.5. The van der Waals surface area contributed by atoms with Crippen LogP contribution in [-0.4, -0.2) is 64.9 Å². The van der Waals surface area contributed by atoms with Gasteiger partial charge in [-0.05, 0) is 12.8 Å². The molecule has 11 nitrogen and oxygen atoms in total. The molecule has 52 heavy (non-hydrogen) atoms. The highest BCUT2D eigenvalue weighted by Crippen LogP contribution is 2.43. The van der Waals surface area contributed by atoms with Crippen molar-refractivity contribution in [3.8, 4) is 0 Å². The number of phosphoric ester groups is 1. The summed E-state index contributed by atoms with van der Waals surface area (Å²) in [7, 11) is -4.73. The molecule has 0 heterocycles. The third-order valence-corrected chi connectivity index (χ3v) is 10.3. The minimum atomic E-state index is -4.73. The molecule has 0 aromatic carbocycles. The van der Waals surface area contributed by atoms with Crippen molar-refractivity contribution in [3.05, 3.63) is 0 Å². The third kappa shape index (κ3) is 35.5. The Bertz CT molecular complexity index is 906. The molecule has 0 aliphatic rings. The second-order valence-corrected chi connectivity index (χ2v) is 16.0. The van der Waals surface area contributed by atoms with E-state index in [4.69, 9.17) is 13.8 Å². The monoisotopic (exact) mass is 764 g/mol. The molecule has 0 saturated heterocycles. The molecule has 3 unspecified atom stereocenters. The molecular weight excluding hydrogens is 685 g/mol. The van der Waals surface area contributed by atoms with Crippen molar-refractivity contribution in [2.24, 2.45) is 0 Å². The van der Waals surface area contributed by atoms with Gasteiger partial charge in [0, 0.05) is 12.8 Å². The van der Waals surface area contributed by atoms with Gasteiger partial charge in [0.15, 0.2) is 6.04 Å². The van der Waals surface area contributed by atoms with Crippen LogP contribution in [0, 0.1) is 0 Å². The van der Waals surface area contributed by atoms with E-state index in [1.165, 1.54) is 128 Å². The lowest BCUT2D eigenvalue weighted by Crippen LogP contribution is -2.43. The van der Waals surface area contributed by atoms with Crippen LogP contribution in [0.3, 0.4) is 0 Å². The second kappa shape index (κ2) is 36.5. The molecule has 12 heteroatoms. The van der Waals surface area contributed by atoms with Crippen LogP contribution in [0.25, 0.3) is 0 Å². The number of unbranched alkanes of at least 4 members (excludes halogenated alkanes) is 26. The van der Waals surface area contributed by atoms with Crippen LogP contribution in [0.15, 0.2) is 0 Å². The molecule has 0 bridgehead atoms. The number of ether oxygens (including phenoxy) is 1. The topological polar surface area (TPSA) is 169 Å². The Kier molecular flexibility index (Phi) is 35.4. The van der Waals surface area contributed by atoms with E-state index in [9.17, 15) is 34.1 Å². The van der Waals surface area contributed by atoms with Crippen molar-refractivity contribution in [1.29, 1.82) is 0 Å². The fourth-order valence-corrected chi connectivity index (χ4v) is 6.85. The highest BCUT2D eigenvalue weighted by molar-refractivity contribution is 7.47. The summed E-state index contributed by atoms with van der Waals surface area (Å²) in [6, 6.07) is -1.54. The summed E-state index contributed by atoms with van der Waals surface area (Å²) in [5.74, 6) is -2.38. The zero-order valence-electron chi connectivity index (χ0n) is 33.1. The van der Waals surface area contributed by atoms with E-state index in [1.807, 2.05) is 6.92 Å². The number of aliphatic hydroxyl groups excluding tert-OH is 1. The van der Waals surface area contributed by atoms with Gasteiger partial charge < -0.3 is 25.2 Å². The zero-order valence-corrected chi connectivity index (χ0v) is 34.0. The Hall–Kier alpha value is -1.52. The van der Waals surface area contributed by atoms with Gasteiger partial charge in [0.05, 0.1) is 13.2 Å². The number of aliphatic hydroxyl groups is 1. The summed E-state index contributed by atoms with van der Waals surface area (Å²) in [4.78, 5) is 45.2. The molecule has 0 aliphatic carbocycles. The largest absolute Gasteiger partial charge is 0.480 e. The quantitative estimate of drug-likeness (QED) is 0.0268. The second-order valence-electron chi connectivity index (χ2n) is 14.5. The Morgan fingerprint density at radius 1 is 0.538 bits per heavy atom. The van der Waals surface area contributed by atoms with Crippen LogP contribution in [0.2, 0.25) is 0 Å². The number of phosphoric acid groups is 1. The van der Waals surface area contributed by atoms with E-state index in [1.54, 1.807) is 0 Å². The summed E-state index contributed by atoms with van der Waals surface area (Å²) in [6.07, 6.45) is 33.8. The van der Waals surface area contributed by atoms with Gasteiger partial charge in [0.25, 0.3) is 0 Å². The first-order valence-corrected chi connectivity index (χ1v) is 22.6. The van der Waals surface area contributed by atoms with Gasteiger partial charge >= 0.3 is 19.8 Å². The lowest BCUT2D eigenvalue weighted by Gasteiger charge is -2.18. The molecular formula is C40H78NO10P. The zero-order chi connectivity index (χ0) is 38.5. The van der Waals surface area contributed by atoms with E-state index in [0.717, 1.165) is 38.5 Å². The third-order valence-electron chi connectivity index (χ3n) is 9.40. The number of esters is 1. The average molecular weight is 764 g/mol. The van der Waals surface area contributed by atoms with Crippen molar-refractivity contribution in [3.63, 3.8) is 0 Å². The molecule has 308 valence electrons. The molecule has 3 atom stereocenters. The van der Waals surface area contributed by atoms with Gasteiger partial charge in [-0.1, -0.05) is 181 Å². The van der Waals surface area contributed by atoms with Crippen LogP contribution in [0.4, 0.5) is 0 Å². The number of aliphatic carboxylic acids is 1. The summed E-state index contributed by atoms with van der Waals surface area (Å²) in [5.41, 5.74) is 0. The van der Waals surface area contributed by atoms with E-state index < -0.39 is 57.6 Å². The van der Waals surface area contributed by atoms with E-state index >= 15 is 0 Å². The molecule has 0 saturated carbocycles. The van der Waals surface area contributed by atoms with E-state index in [2.05, 4.69) is 12.2 Å². The number of nitrogens with one attached hydrogen (secondary N) is 1. The predicted octanol–water partition coefficient (Wildman–Crippen LogP) is 10.3. The van der Waals surface area contributed by atoms with Gasteiger partial charge in [0.1, 0.15) is 12.7 Å². The molecule has 0 aromatic heterocycles. The molecule has 1 amide bonds. The van der Waals surface area contributed by atoms with Gasteiger partial charge in [0.2, 0.25) is 5.91 Å². The first-order chi connectivity index (χ1) is 25.1. The molecule has 4 N–H and O–H groups in total. The Morgan fingerprint density at radius 2 is 0.885 bits per heavy atom. The van der Waals surface area contributed by atoms with Crippen LogP contribution < -0.4 is 5.32 Å². The van der Waals surface area contributed by atoms with Gasteiger partial charge in [-0.2, -0.15) is 0 Å². The number of hydrogen-bond donors (Lipinski definition) is 4. The maximum absolute atomic E-state index is 12.1. The summed E-state index contributed by atoms with van der Waals surface area (Å²) in [5, 5.41) is 21.5. The van der Waals surface area contributed by atoms with Crippen LogP contribution in [0.5, 0.6) is 0 Å². The van der Waals surface area contributed by atoms with Crippen molar-refractivity contribution < 1.29 is 47.8 Å². The summed E-state index contributed by atoms with van der Waals surface area (Å²) in [6.45, 7) is 2.43. The number of carboxylic acids is 1. The normalized spacial score (nSPS) is 13.8. The predicted molar refractivity (Wildman–Crippen MR) is 208 cm³/mol. The van der Waals surface area contributed by atoms with Crippen LogP contribution >= 0.6 is 7.82 Å². The molecule has 0 radical (unpaired) electrons. The van der Waals surface area contributed by atoms with Crippen molar-refractivity contribution in [2.75, 3.05) is 19.8 Å². The molecule has 0 rings (SSSR count). The van der Waals surface area contributed by atoms with Crippen molar-refractivity contribution in [1.82, 2.24) is 5.32 Å². The maximum Gasteiger partial charge on any atom is 0.472 e. The van der Waals surface area contributed by atoms with Gasteiger partial charge in [-0.3, -0.25) is 18.6 Å². The first-order valence-electron chi connectivity index (χ1n) is 21.1. The number of carboxylic acid groups (broad SMARTS) is 1. The number of hydrogen-bond acceptors (Lipinski definition) is 8. The fraction of sp³-hybridized carbons (Fsp3) is 0.925. The lowest BCUT2D eigenvalue weighted by molar-refractivity contribution is -0.147. The Labute approximate surface area is 316 Å². The summed E-state index contributed by atoms with van der Waals surface area (Å²) < 4.78 is 26.6. The number of rotatable bonds is 40. The van der Waals surface area contributed by atoms with Crippen molar-refractivity contribution >= 4 is 25.7 Å². The van der Waals surface area contributed by atoms with Crippen molar-refractivity contribution in [2.45, 2.75) is 219 Å². The van der Waals surface area contributed by atoms with Gasteiger partial charge in [-0.15, -0.1) is 0 Å². The minimum absolute atomic E-state index is 0.141. The molecule has 0 spiro atoms. The maximum atomic E-state index is 12.1. The fourth-order valence-electron chi connectivity index (χ4n) is 6.08. The Balaban J connectivity index is 3.64. The molecule has 0 aliphatic heterocycles. The summed E-state index contributed by atoms with van der Waals surface area (Å²) >= 11 is 0. The number of carbonyl (C=O) groups is 3. The highest BCUT2D eigenvalue weighted by atomic mass is 31.2. The van der Waals surface area contributed by atoms with E-state index in [0.29, 0.717) is 12.8 Å². The molecule has 0 fully saturated rings. The lowest BCUT2D eigenvalue weighted by atomic mass is 10.0. The number of amides is 1. The highest BCUT2D eigenvalue weighted by Gasteiger charge is 2.28. The standard InChI is InChI=1S/C40H78NO10P/c1-3-5-7-9-10-11-12-13-14-15-16-17-18-19-20-21-22-23-24-25-26-27-28-30-32-39(44)49-33-36(42)34-50-52(47,48)51-35-37(40(45)46)41-38(43)31-29-8-6-4-2/h36-37,42H,3-35H2,1-2H3,(H,41,43)(H,45,46)(H,47,48). The van der Waals surface area contributed by atoms with E-state index in [-0.39, 0.29) is 12.8 Å². The SMILES string of the molecule is CCCCCCCCCCCCCCCCCCCCCCCCCCC(=O)OCC(O)COP(=O)(O)OCC(NC(=O)CCCCCC)C(=O)O.